The molecule has 0 amide bonds. The van der Waals surface area contributed by atoms with Gasteiger partial charge in [0.25, 0.3) is 0 Å². The third-order valence-electron chi connectivity index (χ3n) is 4.73. The predicted octanol–water partition coefficient (Wildman–Crippen LogP) is 4.66. The fraction of sp³-hybridized carbons (Fsp3) is 0.174. The molecule has 0 aliphatic rings. The van der Waals surface area contributed by atoms with E-state index in [9.17, 15) is 4.79 Å². The summed E-state index contributed by atoms with van der Waals surface area (Å²) in [5, 5.41) is 8.47. The number of fused-ring (bicyclic) bond motifs is 1. The first kappa shape index (κ1) is 18.7. The Morgan fingerprint density at radius 1 is 1.03 bits per heavy atom. The third kappa shape index (κ3) is 3.69. The summed E-state index contributed by atoms with van der Waals surface area (Å²) in [7, 11) is 1.58. The number of rotatable bonds is 7. The molecular formula is C23H21N3O3. The number of ether oxygens (including phenoxy) is 2. The van der Waals surface area contributed by atoms with Crippen molar-refractivity contribution in [3.63, 3.8) is 0 Å². The van der Waals surface area contributed by atoms with Crippen molar-refractivity contribution in [1.29, 1.82) is 0 Å². The first-order valence-corrected chi connectivity index (χ1v) is 9.45. The monoisotopic (exact) mass is 387 g/mol. The first-order chi connectivity index (χ1) is 14.2. The minimum Gasteiger partial charge on any atom is -0.497 e. The molecule has 4 aromatic rings. The molecule has 0 saturated heterocycles. The van der Waals surface area contributed by atoms with Crippen LogP contribution in [0.25, 0.3) is 11.0 Å². The summed E-state index contributed by atoms with van der Waals surface area (Å²) in [6.07, 6.45) is 0.223. The van der Waals surface area contributed by atoms with Gasteiger partial charge in [-0.05, 0) is 24.3 Å². The molecule has 146 valence electrons. The number of hydrogen-bond donors (Lipinski definition) is 0. The lowest BCUT2D eigenvalue weighted by molar-refractivity contribution is 0.0993. The Kier molecular flexibility index (Phi) is 5.24. The Bertz CT molecular complexity index is 1140. The Hall–Kier alpha value is -3.67. The van der Waals surface area contributed by atoms with Gasteiger partial charge in [0.05, 0.1) is 18.2 Å². The first-order valence-electron chi connectivity index (χ1n) is 9.45. The van der Waals surface area contributed by atoms with Crippen molar-refractivity contribution >= 4 is 16.8 Å². The molecule has 1 unspecified atom stereocenters. The lowest BCUT2D eigenvalue weighted by Gasteiger charge is -2.20. The van der Waals surface area contributed by atoms with E-state index in [1.807, 2.05) is 49.4 Å². The van der Waals surface area contributed by atoms with Gasteiger partial charge in [-0.1, -0.05) is 54.6 Å². The fourth-order valence-corrected chi connectivity index (χ4v) is 3.21. The maximum Gasteiger partial charge on any atom is 0.196 e. The number of hydrogen-bond acceptors (Lipinski definition) is 5. The number of para-hydroxylation sites is 1. The zero-order valence-corrected chi connectivity index (χ0v) is 16.3. The van der Waals surface area contributed by atoms with Gasteiger partial charge in [0.15, 0.2) is 12.0 Å². The highest BCUT2D eigenvalue weighted by Crippen LogP contribution is 2.31. The van der Waals surface area contributed by atoms with Gasteiger partial charge in [-0.25, -0.2) is 4.68 Å². The second-order valence-corrected chi connectivity index (χ2v) is 6.56. The van der Waals surface area contributed by atoms with Crippen LogP contribution in [0.4, 0.5) is 0 Å². The molecular weight excluding hydrogens is 366 g/mol. The number of aromatic nitrogens is 3. The van der Waals surface area contributed by atoms with E-state index < -0.39 is 6.23 Å². The van der Waals surface area contributed by atoms with Crippen molar-refractivity contribution in [3.8, 4) is 11.5 Å². The van der Waals surface area contributed by atoms with Crippen molar-refractivity contribution in [2.24, 2.45) is 0 Å². The molecule has 4 rings (SSSR count). The Labute approximate surface area is 168 Å². The summed E-state index contributed by atoms with van der Waals surface area (Å²) in [4.78, 5) is 13.1. The van der Waals surface area contributed by atoms with Crippen molar-refractivity contribution < 1.29 is 14.3 Å². The molecule has 29 heavy (non-hydrogen) atoms. The van der Waals surface area contributed by atoms with Crippen LogP contribution in [0.5, 0.6) is 11.5 Å². The molecule has 6 heteroatoms. The van der Waals surface area contributed by atoms with Crippen LogP contribution in [0.3, 0.4) is 0 Å². The average molecular weight is 387 g/mol. The molecule has 3 aromatic carbocycles. The Morgan fingerprint density at radius 3 is 2.55 bits per heavy atom. The van der Waals surface area contributed by atoms with Gasteiger partial charge in [0.1, 0.15) is 17.0 Å². The van der Waals surface area contributed by atoms with Gasteiger partial charge in [-0.2, -0.15) is 0 Å². The van der Waals surface area contributed by atoms with E-state index in [0.717, 1.165) is 11.0 Å². The summed E-state index contributed by atoms with van der Waals surface area (Å²) < 4.78 is 13.4. The highest BCUT2D eigenvalue weighted by Gasteiger charge is 2.21. The van der Waals surface area contributed by atoms with Crippen molar-refractivity contribution in [2.75, 3.05) is 7.11 Å². The number of nitrogens with zero attached hydrogens (tertiary/aromatic N) is 3. The number of carbonyl (C=O) groups is 1. The second kappa shape index (κ2) is 8.14. The molecule has 0 radical (unpaired) electrons. The van der Waals surface area contributed by atoms with Crippen molar-refractivity contribution in [1.82, 2.24) is 15.0 Å². The highest BCUT2D eigenvalue weighted by molar-refractivity contribution is 6.10. The molecule has 0 spiro atoms. The number of benzene rings is 3. The fourth-order valence-electron chi connectivity index (χ4n) is 3.21. The molecule has 0 bridgehead atoms. The van der Waals surface area contributed by atoms with E-state index in [1.165, 1.54) is 0 Å². The van der Waals surface area contributed by atoms with E-state index in [2.05, 4.69) is 10.3 Å². The molecule has 1 heterocycles. The van der Waals surface area contributed by atoms with E-state index in [4.69, 9.17) is 9.47 Å². The van der Waals surface area contributed by atoms with E-state index in [1.54, 1.807) is 42.1 Å². The number of ketones is 1. The Balaban J connectivity index is 1.74. The summed E-state index contributed by atoms with van der Waals surface area (Å²) in [5.41, 5.74) is 2.74. The van der Waals surface area contributed by atoms with Crippen LogP contribution in [0, 0.1) is 0 Å². The zero-order chi connectivity index (χ0) is 20.2. The van der Waals surface area contributed by atoms with Gasteiger partial charge in [0.2, 0.25) is 0 Å². The van der Waals surface area contributed by atoms with Gasteiger partial charge in [-0.3, -0.25) is 4.79 Å². The summed E-state index contributed by atoms with van der Waals surface area (Å²) in [5.74, 6) is 0.953. The van der Waals surface area contributed by atoms with Crippen LogP contribution >= 0.6 is 0 Å². The standard InChI is InChI=1S/C23H21N3O3/c1-3-22(26-20-12-8-7-11-19(20)24-25-26)29-21-15-17(28-2)13-14-18(21)23(27)16-9-5-4-6-10-16/h4-15,22H,3H2,1-2H3. The normalized spacial score (nSPS) is 11.9. The molecule has 0 saturated carbocycles. The minimum absolute atomic E-state index is 0.110. The molecule has 0 aliphatic heterocycles. The predicted molar refractivity (Wildman–Crippen MR) is 110 cm³/mol. The quantitative estimate of drug-likeness (QED) is 0.432. The van der Waals surface area contributed by atoms with Crippen LogP contribution in [-0.4, -0.2) is 27.9 Å². The van der Waals surface area contributed by atoms with Crippen LogP contribution in [-0.2, 0) is 0 Å². The van der Waals surface area contributed by atoms with Crippen LogP contribution in [0.15, 0.2) is 72.8 Å². The van der Waals surface area contributed by atoms with Crippen LogP contribution < -0.4 is 9.47 Å². The maximum absolute atomic E-state index is 13.1. The molecule has 0 fully saturated rings. The van der Waals surface area contributed by atoms with E-state index in [0.29, 0.717) is 29.0 Å². The topological polar surface area (TPSA) is 66.2 Å². The van der Waals surface area contributed by atoms with E-state index in [-0.39, 0.29) is 5.78 Å². The average Bonchev–Trinajstić information content (AvgIpc) is 3.21. The summed E-state index contributed by atoms with van der Waals surface area (Å²) in [6.45, 7) is 2.00. The van der Waals surface area contributed by atoms with Crippen LogP contribution in [0.2, 0.25) is 0 Å². The van der Waals surface area contributed by atoms with Gasteiger partial charge in [-0.15, -0.1) is 5.10 Å². The lowest BCUT2D eigenvalue weighted by atomic mass is 10.0. The maximum atomic E-state index is 13.1. The van der Waals surface area contributed by atoms with Crippen molar-refractivity contribution in [3.05, 3.63) is 83.9 Å². The lowest BCUT2D eigenvalue weighted by Crippen LogP contribution is -2.18. The molecule has 6 nitrogen and oxygen atoms in total. The Morgan fingerprint density at radius 2 is 1.79 bits per heavy atom. The summed E-state index contributed by atoms with van der Waals surface area (Å²) >= 11 is 0. The molecule has 0 N–H and O–H groups in total. The number of carbonyl (C=O) groups excluding carboxylic acids is 1. The van der Waals surface area contributed by atoms with Crippen molar-refractivity contribution in [2.45, 2.75) is 19.6 Å². The van der Waals surface area contributed by atoms with E-state index >= 15 is 0 Å². The molecule has 1 aromatic heterocycles. The highest BCUT2D eigenvalue weighted by atomic mass is 16.5. The summed E-state index contributed by atoms with van der Waals surface area (Å²) in [6, 6.07) is 22.1. The minimum atomic E-state index is -0.420. The molecule has 0 aliphatic carbocycles. The zero-order valence-electron chi connectivity index (χ0n) is 16.3. The largest absolute Gasteiger partial charge is 0.497 e. The SMILES string of the molecule is CCC(Oc1cc(OC)ccc1C(=O)c1ccccc1)n1nnc2ccccc21. The smallest absolute Gasteiger partial charge is 0.196 e. The molecule has 1 atom stereocenters. The van der Waals surface area contributed by atoms with Gasteiger partial charge < -0.3 is 9.47 Å². The van der Waals surface area contributed by atoms with Crippen LogP contribution in [0.1, 0.15) is 35.5 Å². The second-order valence-electron chi connectivity index (χ2n) is 6.56. The van der Waals surface area contributed by atoms with Gasteiger partial charge >= 0.3 is 0 Å². The third-order valence-corrected chi connectivity index (χ3v) is 4.73. The van der Waals surface area contributed by atoms with Gasteiger partial charge in [0, 0.05) is 18.1 Å². The number of methoxy groups -OCH3 is 1.